The molecule has 3 aromatic rings. The molecule has 230 valence electrons. The zero-order chi connectivity index (χ0) is 28.2. The van der Waals surface area contributed by atoms with Crippen molar-refractivity contribution in [3.8, 4) is 17.2 Å². The molecule has 2 aliphatic heterocycles. The number of benzene rings is 2. The third kappa shape index (κ3) is 7.44. The lowest BCUT2D eigenvalue weighted by molar-refractivity contribution is 0.0847. The van der Waals surface area contributed by atoms with Crippen LogP contribution in [0.15, 0.2) is 36.4 Å². The van der Waals surface area contributed by atoms with Crippen LogP contribution in [0, 0.1) is 13.8 Å². The van der Waals surface area contributed by atoms with Gasteiger partial charge in [0.15, 0.2) is 11.5 Å². The summed E-state index contributed by atoms with van der Waals surface area (Å²) in [5.41, 5.74) is 4.25. The molecule has 1 aromatic heterocycles. The van der Waals surface area contributed by atoms with Gasteiger partial charge >= 0.3 is 0 Å². The summed E-state index contributed by atoms with van der Waals surface area (Å²) in [5, 5.41) is 14.4. The molecule has 0 spiro atoms. The number of fused-ring (bicyclic) bond motifs is 1. The summed E-state index contributed by atoms with van der Waals surface area (Å²) in [6.45, 7) is 11.1. The van der Waals surface area contributed by atoms with Crippen LogP contribution in [0.1, 0.15) is 40.9 Å². The number of anilines is 1. The maximum atomic E-state index is 13.2. The van der Waals surface area contributed by atoms with Crippen LogP contribution in [0.25, 0.3) is 5.69 Å². The lowest BCUT2D eigenvalue weighted by Gasteiger charge is -2.37. The van der Waals surface area contributed by atoms with E-state index in [4.69, 9.17) is 26.1 Å². The smallest absolute Gasteiger partial charge is 0.271 e. The number of hydrogen-bond donors (Lipinski definition) is 2. The molecular weight excluding hydrogens is 601 g/mol. The highest BCUT2D eigenvalue weighted by Gasteiger charge is 2.24. The van der Waals surface area contributed by atoms with Gasteiger partial charge in [0.25, 0.3) is 5.91 Å². The number of piperazine rings is 1. The third-order valence-corrected chi connectivity index (χ3v) is 7.98. The second kappa shape index (κ2) is 15.2. The van der Waals surface area contributed by atoms with Crippen LogP contribution in [-0.2, 0) is 6.42 Å². The van der Waals surface area contributed by atoms with Gasteiger partial charge in [0, 0.05) is 62.5 Å². The third-order valence-electron chi connectivity index (χ3n) is 7.57. The van der Waals surface area contributed by atoms with Crippen LogP contribution in [0.4, 0.5) is 5.69 Å². The number of rotatable bonds is 9. The largest absolute Gasteiger partial charge is 0.486 e. The number of hydrogen-bond acceptors (Lipinski definition) is 7. The minimum absolute atomic E-state index is 0. The number of halogens is 3. The molecule has 1 fully saturated rings. The Hall–Kier alpha value is -2.69. The number of carbonyl (C=O) groups excluding carboxylic acids is 1. The number of carbonyl (C=O) groups is 1. The second-order valence-corrected chi connectivity index (χ2v) is 10.8. The molecule has 0 bridgehead atoms. The number of nitrogens with zero attached hydrogens (tertiary/aromatic N) is 4. The molecule has 0 aliphatic carbocycles. The summed E-state index contributed by atoms with van der Waals surface area (Å²) in [6.07, 6.45) is 0.940. The van der Waals surface area contributed by atoms with Crippen LogP contribution in [0.3, 0.4) is 0 Å². The molecule has 5 rings (SSSR count). The Balaban J connectivity index is 0.00000242. The van der Waals surface area contributed by atoms with E-state index in [0.29, 0.717) is 31.2 Å². The molecule has 42 heavy (non-hydrogen) atoms. The fraction of sp³-hybridized carbons (Fsp3) is 0.467. The highest BCUT2D eigenvalue weighted by molar-refractivity contribution is 6.31. The van der Waals surface area contributed by atoms with Crippen molar-refractivity contribution in [2.75, 3.05) is 57.4 Å². The molecule has 1 unspecified atom stereocenters. The van der Waals surface area contributed by atoms with Crippen molar-refractivity contribution in [1.82, 2.24) is 19.8 Å². The number of β-amino-alcohol motifs (C(OH)–C–C–N with tert-alkyl or cyclic N) is 1. The fourth-order valence-corrected chi connectivity index (χ4v) is 5.62. The fourth-order valence-electron chi connectivity index (χ4n) is 5.45. The van der Waals surface area contributed by atoms with E-state index < -0.39 is 6.10 Å². The van der Waals surface area contributed by atoms with Gasteiger partial charge in [-0.05, 0) is 50.1 Å². The van der Waals surface area contributed by atoms with Crippen molar-refractivity contribution in [2.24, 2.45) is 0 Å². The van der Waals surface area contributed by atoms with Crippen molar-refractivity contribution in [1.29, 1.82) is 0 Å². The summed E-state index contributed by atoms with van der Waals surface area (Å²) in [7, 11) is 0. The molecule has 2 N–H and O–H groups in total. The quantitative estimate of drug-likeness (QED) is 0.353. The van der Waals surface area contributed by atoms with Crippen molar-refractivity contribution in [2.45, 2.75) is 39.7 Å². The van der Waals surface area contributed by atoms with Crippen molar-refractivity contribution in [3.05, 3.63) is 64.2 Å². The van der Waals surface area contributed by atoms with Gasteiger partial charge in [-0.15, -0.1) is 24.8 Å². The van der Waals surface area contributed by atoms with Crippen LogP contribution in [0.2, 0.25) is 5.02 Å². The first kappa shape index (κ1) is 33.8. The predicted molar refractivity (Wildman–Crippen MR) is 171 cm³/mol. The Morgan fingerprint density at radius 2 is 1.79 bits per heavy atom. The van der Waals surface area contributed by atoms with Gasteiger partial charge in [0.05, 0.1) is 17.5 Å². The topological polar surface area (TPSA) is 92.1 Å². The van der Waals surface area contributed by atoms with E-state index in [1.54, 1.807) is 0 Å². The van der Waals surface area contributed by atoms with Gasteiger partial charge in [-0.3, -0.25) is 9.69 Å². The minimum atomic E-state index is -0.682. The van der Waals surface area contributed by atoms with Crippen molar-refractivity contribution in [3.63, 3.8) is 0 Å². The number of imidazole rings is 1. The highest BCUT2D eigenvalue weighted by Crippen LogP contribution is 2.33. The normalized spacial score (nSPS) is 15.4. The maximum absolute atomic E-state index is 13.2. The summed E-state index contributed by atoms with van der Waals surface area (Å²) >= 11 is 6.31. The zero-order valence-corrected chi connectivity index (χ0v) is 26.7. The molecule has 1 amide bonds. The zero-order valence-electron chi connectivity index (χ0n) is 24.3. The first-order chi connectivity index (χ1) is 19.4. The average Bonchev–Trinajstić information content (AvgIpc) is 3.29. The van der Waals surface area contributed by atoms with Gasteiger partial charge in [-0.25, -0.2) is 4.98 Å². The van der Waals surface area contributed by atoms with E-state index in [1.165, 1.54) is 0 Å². The minimum Gasteiger partial charge on any atom is -0.486 e. The van der Waals surface area contributed by atoms with Gasteiger partial charge in [-0.1, -0.05) is 24.6 Å². The standard InChI is InChI=1S/C30H38ClN5O4.2ClH/c1-4-6-28-33-29(21(3)36(28)22-9-10-26-27(17-22)40-16-15-39-26)30(38)32-18-23(37)19-34-11-13-35(14-12-34)25-8-5-7-24(31)20(25)2;;/h5,7-10,17,23,37H,4,6,11-16,18-19H2,1-3H3,(H,32,38);2*1H. The van der Waals surface area contributed by atoms with Gasteiger partial charge in [-0.2, -0.15) is 0 Å². The number of aliphatic hydroxyl groups excluding tert-OH is 1. The molecule has 1 atom stereocenters. The van der Waals surface area contributed by atoms with Gasteiger partial charge in [0.2, 0.25) is 0 Å². The Labute approximate surface area is 265 Å². The monoisotopic (exact) mass is 639 g/mol. The lowest BCUT2D eigenvalue weighted by Crippen LogP contribution is -2.50. The Morgan fingerprint density at radius 1 is 1.07 bits per heavy atom. The van der Waals surface area contributed by atoms with Crippen LogP contribution in [0.5, 0.6) is 11.5 Å². The van der Waals surface area contributed by atoms with E-state index >= 15 is 0 Å². The van der Waals surface area contributed by atoms with Crippen molar-refractivity contribution < 1.29 is 19.4 Å². The first-order valence-corrected chi connectivity index (χ1v) is 14.4. The van der Waals surface area contributed by atoms with Gasteiger partial charge in [0.1, 0.15) is 24.7 Å². The van der Waals surface area contributed by atoms with E-state index in [-0.39, 0.29) is 37.3 Å². The molecule has 0 radical (unpaired) electrons. The average molecular weight is 641 g/mol. The van der Waals surface area contributed by atoms with Crippen molar-refractivity contribution >= 4 is 48.0 Å². The number of amides is 1. The van der Waals surface area contributed by atoms with E-state index in [9.17, 15) is 9.90 Å². The van der Waals surface area contributed by atoms with E-state index in [0.717, 1.165) is 78.2 Å². The number of aromatic nitrogens is 2. The molecule has 1 saturated heterocycles. The molecule has 9 nitrogen and oxygen atoms in total. The predicted octanol–water partition coefficient (Wildman–Crippen LogP) is 4.62. The van der Waals surface area contributed by atoms with Gasteiger partial charge < -0.3 is 29.4 Å². The maximum Gasteiger partial charge on any atom is 0.271 e. The SMILES string of the molecule is CCCc1nc(C(=O)NCC(O)CN2CCN(c3cccc(Cl)c3C)CC2)c(C)n1-c1ccc2c(c1)OCCO2.Cl.Cl. The highest BCUT2D eigenvalue weighted by atomic mass is 35.5. The Kier molecular flexibility index (Phi) is 12.2. The Morgan fingerprint density at radius 3 is 2.50 bits per heavy atom. The van der Waals surface area contributed by atoms with E-state index in [1.807, 2.05) is 48.7 Å². The van der Waals surface area contributed by atoms with E-state index in [2.05, 4.69) is 28.1 Å². The summed E-state index contributed by atoms with van der Waals surface area (Å²) in [5.74, 6) is 1.94. The summed E-state index contributed by atoms with van der Waals surface area (Å²) < 4.78 is 13.4. The Bertz CT molecular complexity index is 1360. The number of ether oxygens (including phenoxy) is 2. The molecule has 3 heterocycles. The molecule has 2 aliphatic rings. The molecule has 2 aromatic carbocycles. The first-order valence-electron chi connectivity index (χ1n) is 14.0. The number of nitrogens with one attached hydrogen (secondary N) is 1. The lowest BCUT2D eigenvalue weighted by atomic mass is 10.1. The summed E-state index contributed by atoms with van der Waals surface area (Å²) in [6, 6.07) is 11.8. The second-order valence-electron chi connectivity index (χ2n) is 10.4. The summed E-state index contributed by atoms with van der Waals surface area (Å²) in [4.78, 5) is 22.4. The number of aryl methyl sites for hydroxylation is 1. The van der Waals surface area contributed by atoms with Crippen LogP contribution >= 0.6 is 36.4 Å². The van der Waals surface area contributed by atoms with Crippen LogP contribution < -0.4 is 19.7 Å². The molecule has 12 heteroatoms. The van der Waals surface area contributed by atoms with Crippen LogP contribution in [-0.4, -0.2) is 84.1 Å². The number of aliphatic hydroxyl groups is 1. The molecule has 0 saturated carbocycles. The molecular formula is C30H40Cl3N5O4.